The van der Waals surface area contributed by atoms with Crippen molar-refractivity contribution in [1.82, 2.24) is 30.6 Å². The lowest BCUT2D eigenvalue weighted by atomic mass is 9.94. The highest BCUT2D eigenvalue weighted by Gasteiger charge is 2.39. The molecule has 2 aliphatic rings. The number of fused-ring (bicyclic) bond motifs is 6. The van der Waals surface area contributed by atoms with Gasteiger partial charge in [0, 0.05) is 84.9 Å². The Morgan fingerprint density at radius 3 is 1.84 bits per heavy atom. The molecule has 10 nitrogen and oxygen atoms in total. The number of hydrogen-bond acceptors (Lipinski definition) is 5. The minimum atomic E-state index is -0.913. The molecule has 6 aromatic rings. The molecule has 0 saturated carbocycles. The molecule has 4 heterocycles. The van der Waals surface area contributed by atoms with Gasteiger partial charge in [-0.2, -0.15) is 0 Å². The Kier molecular flexibility index (Phi) is 10.8. The third-order valence-corrected chi connectivity index (χ3v) is 11.3. The lowest BCUT2D eigenvalue weighted by Gasteiger charge is -2.36. The van der Waals surface area contributed by atoms with E-state index in [9.17, 15) is 14.4 Å². The molecule has 4 N–H and O–H groups in total. The van der Waals surface area contributed by atoms with Gasteiger partial charge >= 0.3 is 0 Å². The Morgan fingerprint density at radius 2 is 1.22 bits per heavy atom. The summed E-state index contributed by atoms with van der Waals surface area (Å²) in [5.74, 6) is -0.749. The molecule has 0 spiro atoms. The molecule has 0 fully saturated rings. The third-order valence-electron chi connectivity index (χ3n) is 10.3. The van der Waals surface area contributed by atoms with E-state index in [1.165, 1.54) is 0 Å². The van der Waals surface area contributed by atoms with Gasteiger partial charge in [-0.1, -0.05) is 58.5 Å². The lowest BCUT2D eigenvalue weighted by molar-refractivity contribution is -0.126. The number of amides is 3. The summed E-state index contributed by atoms with van der Waals surface area (Å²) in [6.45, 7) is 1.61. The van der Waals surface area contributed by atoms with Crippen LogP contribution >= 0.6 is 46.4 Å². The van der Waals surface area contributed by atoms with Gasteiger partial charge in [-0.05, 0) is 103 Å². The van der Waals surface area contributed by atoms with Gasteiger partial charge < -0.3 is 25.1 Å². The molecule has 14 heteroatoms. The second kappa shape index (κ2) is 15.9. The first kappa shape index (κ1) is 37.4. The van der Waals surface area contributed by atoms with E-state index in [1.54, 1.807) is 59.5 Å². The van der Waals surface area contributed by atoms with Crippen molar-refractivity contribution < 1.29 is 19.2 Å². The molecule has 55 heavy (non-hydrogen) atoms. The van der Waals surface area contributed by atoms with Crippen LogP contribution in [0.4, 0.5) is 0 Å². The van der Waals surface area contributed by atoms with Crippen LogP contribution in [0.3, 0.4) is 0 Å². The number of aromatic nitrogens is 2. The highest BCUT2D eigenvalue weighted by Crippen LogP contribution is 2.39. The molecular formula is C41H36Cl4N6O4. The van der Waals surface area contributed by atoms with Crippen molar-refractivity contribution in [2.75, 3.05) is 32.8 Å². The zero-order valence-electron chi connectivity index (χ0n) is 29.4. The van der Waals surface area contributed by atoms with Crippen molar-refractivity contribution in [1.29, 1.82) is 0 Å². The van der Waals surface area contributed by atoms with E-state index in [2.05, 4.69) is 20.8 Å². The van der Waals surface area contributed by atoms with Crippen molar-refractivity contribution in [2.24, 2.45) is 0 Å². The predicted molar refractivity (Wildman–Crippen MR) is 216 cm³/mol. The molecular weight excluding hydrogens is 782 g/mol. The number of rotatable bonds is 10. The number of nitrogens with zero attached hydrogens (tertiary/aromatic N) is 2. The van der Waals surface area contributed by atoms with Gasteiger partial charge in [-0.15, -0.1) is 0 Å². The van der Waals surface area contributed by atoms with E-state index in [1.807, 2.05) is 35.2 Å². The second-order valence-corrected chi connectivity index (χ2v) is 15.4. The molecule has 8 rings (SSSR count). The molecule has 2 aliphatic heterocycles. The highest BCUT2D eigenvalue weighted by molar-refractivity contribution is 6.32. The topological polar surface area (TPSA) is 123 Å². The van der Waals surface area contributed by atoms with Gasteiger partial charge in [0.25, 0.3) is 11.8 Å². The van der Waals surface area contributed by atoms with Crippen molar-refractivity contribution in [2.45, 2.75) is 31.3 Å². The molecule has 0 saturated heterocycles. The average Bonchev–Trinajstić information content (AvgIpc) is 3.74. The number of nitrogens with one attached hydrogen (secondary N) is 4. The number of carbonyl (C=O) groups excluding carboxylic acids is 3. The summed E-state index contributed by atoms with van der Waals surface area (Å²) < 4.78 is 0. The summed E-state index contributed by atoms with van der Waals surface area (Å²) in [6, 6.07) is 23.8. The van der Waals surface area contributed by atoms with Crippen LogP contribution in [0.2, 0.25) is 20.1 Å². The number of halogens is 4. The van der Waals surface area contributed by atoms with Crippen LogP contribution in [0.1, 0.15) is 61.7 Å². The molecule has 2 atom stereocenters. The summed E-state index contributed by atoms with van der Waals surface area (Å²) in [6.07, 6.45) is 1.77. The molecule has 2 aromatic heterocycles. The molecule has 2 unspecified atom stereocenters. The standard InChI is InChI=1S/C41H36Cl4N6O4/c42-25-5-1-3-23(19-25)40(53)50-16-12-29-31-21-27(44)7-9-33(31)48-36(29)35(50)11-14-47-55-18-15-46-39(52)38-37-30(32-22-28(45)8-10-34(32)49-37)13-17-51(38)41(54)24-4-2-6-26(43)20-24/h1-10,19-22,35,38,47-49H,11-18H2,(H,46,52). The van der Waals surface area contributed by atoms with Gasteiger partial charge in [0.15, 0.2) is 6.04 Å². The molecule has 282 valence electrons. The zero-order chi connectivity index (χ0) is 38.2. The summed E-state index contributed by atoms with van der Waals surface area (Å²) in [4.78, 5) is 57.7. The largest absolute Gasteiger partial charge is 0.356 e. The number of aromatic amines is 2. The smallest absolute Gasteiger partial charge is 0.254 e. The van der Waals surface area contributed by atoms with Crippen LogP contribution in [0.5, 0.6) is 0 Å². The normalized spacial score (nSPS) is 16.7. The van der Waals surface area contributed by atoms with Crippen molar-refractivity contribution in [3.63, 3.8) is 0 Å². The molecule has 4 aromatic carbocycles. The number of hydrogen-bond donors (Lipinski definition) is 4. The Morgan fingerprint density at radius 1 is 0.673 bits per heavy atom. The Bertz CT molecular complexity index is 2450. The first-order valence-corrected chi connectivity index (χ1v) is 19.5. The Labute approximate surface area is 337 Å². The van der Waals surface area contributed by atoms with E-state index in [4.69, 9.17) is 51.2 Å². The van der Waals surface area contributed by atoms with Crippen molar-refractivity contribution in [3.8, 4) is 0 Å². The summed E-state index contributed by atoms with van der Waals surface area (Å²) in [7, 11) is 0. The molecule has 0 bridgehead atoms. The first-order chi connectivity index (χ1) is 26.7. The van der Waals surface area contributed by atoms with E-state index in [-0.39, 0.29) is 36.9 Å². The number of H-pyrrole nitrogens is 2. The van der Waals surface area contributed by atoms with Crippen LogP contribution in [-0.4, -0.2) is 70.3 Å². The maximum atomic E-state index is 14.0. The van der Waals surface area contributed by atoms with Crippen molar-refractivity contribution >= 4 is 85.9 Å². The van der Waals surface area contributed by atoms with Crippen LogP contribution in [0.15, 0.2) is 84.9 Å². The number of hydroxylamine groups is 1. The first-order valence-electron chi connectivity index (χ1n) is 18.0. The fourth-order valence-electron chi connectivity index (χ4n) is 7.87. The van der Waals surface area contributed by atoms with Crippen LogP contribution in [0, 0.1) is 0 Å². The fourth-order valence-corrected chi connectivity index (χ4v) is 8.60. The highest BCUT2D eigenvalue weighted by atomic mass is 35.5. The van der Waals surface area contributed by atoms with Crippen molar-refractivity contribution in [3.05, 3.63) is 139 Å². The van der Waals surface area contributed by atoms with Crippen LogP contribution < -0.4 is 10.8 Å². The van der Waals surface area contributed by atoms with Crippen LogP contribution in [-0.2, 0) is 22.5 Å². The lowest BCUT2D eigenvalue weighted by Crippen LogP contribution is -2.48. The SMILES string of the molecule is O=C(NCCONCCC1c2[nH]c3ccc(Cl)cc3c2CCN1C(=O)c1cccc(Cl)c1)C1c2[nH]c3ccc(Cl)cc3c2CCN1C(=O)c1cccc(Cl)c1. The number of benzene rings is 4. The maximum absolute atomic E-state index is 14.0. The minimum Gasteiger partial charge on any atom is -0.356 e. The summed E-state index contributed by atoms with van der Waals surface area (Å²) >= 11 is 25.2. The van der Waals surface area contributed by atoms with Gasteiger partial charge in [0.05, 0.1) is 18.3 Å². The maximum Gasteiger partial charge on any atom is 0.254 e. The predicted octanol–water partition coefficient (Wildman–Crippen LogP) is 8.47. The fraction of sp³-hybridized carbons (Fsp3) is 0.244. The summed E-state index contributed by atoms with van der Waals surface area (Å²) in [5.41, 5.74) is 9.46. The van der Waals surface area contributed by atoms with Gasteiger partial charge in [-0.25, -0.2) is 5.48 Å². The molecule has 0 radical (unpaired) electrons. The quantitative estimate of drug-likeness (QED) is 0.0817. The van der Waals surface area contributed by atoms with E-state index in [0.717, 1.165) is 38.6 Å². The van der Waals surface area contributed by atoms with Gasteiger partial charge in [0.1, 0.15) is 0 Å². The van der Waals surface area contributed by atoms with E-state index < -0.39 is 6.04 Å². The van der Waals surface area contributed by atoms with E-state index in [0.29, 0.717) is 75.8 Å². The molecule has 3 amide bonds. The van der Waals surface area contributed by atoms with Gasteiger partial charge in [-0.3, -0.25) is 19.2 Å². The molecule has 0 aliphatic carbocycles. The third kappa shape index (κ3) is 7.55. The number of carbonyl (C=O) groups is 3. The Hall–Kier alpha value is -4.55. The van der Waals surface area contributed by atoms with Crippen LogP contribution in [0.25, 0.3) is 21.8 Å². The zero-order valence-corrected chi connectivity index (χ0v) is 32.5. The minimum absolute atomic E-state index is 0.106. The Balaban J connectivity index is 0.934. The monoisotopic (exact) mass is 816 g/mol. The summed E-state index contributed by atoms with van der Waals surface area (Å²) in [5, 5.41) is 7.12. The average molecular weight is 819 g/mol. The second-order valence-electron chi connectivity index (χ2n) is 13.7. The van der Waals surface area contributed by atoms with E-state index >= 15 is 0 Å². The van der Waals surface area contributed by atoms with Gasteiger partial charge in [0.2, 0.25) is 5.91 Å².